The van der Waals surface area contributed by atoms with E-state index in [0.717, 1.165) is 27.6 Å². The Labute approximate surface area is 193 Å². The number of carboxylic acid groups (broad SMARTS) is 1. The Kier molecular flexibility index (Phi) is 5.52. The molecule has 5 rings (SSSR count). The summed E-state index contributed by atoms with van der Waals surface area (Å²) in [6, 6.07) is 8.58. The molecule has 0 bridgehead atoms. The van der Waals surface area contributed by atoms with Gasteiger partial charge in [0.2, 0.25) is 5.43 Å². The lowest BCUT2D eigenvalue weighted by Gasteiger charge is -2.36. The van der Waals surface area contributed by atoms with Gasteiger partial charge >= 0.3 is 12.6 Å². The number of thiazole rings is 1. The van der Waals surface area contributed by atoms with Crippen molar-refractivity contribution in [1.82, 2.24) is 9.97 Å². The number of aromatic amines is 1. The van der Waals surface area contributed by atoms with Gasteiger partial charge in [-0.15, -0.1) is 0 Å². The molecule has 1 aliphatic heterocycles. The first-order chi connectivity index (χ1) is 16.3. The molecule has 2 N–H and O–H groups in total. The van der Waals surface area contributed by atoms with Crippen LogP contribution >= 0.6 is 11.3 Å². The number of nitrogens with zero attached hydrogens (tertiary/aromatic N) is 3. The van der Waals surface area contributed by atoms with E-state index in [4.69, 9.17) is 5.11 Å². The third kappa shape index (κ3) is 3.79. The van der Waals surface area contributed by atoms with Gasteiger partial charge < -0.3 is 24.6 Å². The second-order valence-corrected chi connectivity index (χ2v) is 8.62. The molecule has 1 fully saturated rings. The molecule has 0 radical (unpaired) electrons. The fourth-order valence-electron chi connectivity index (χ4n) is 4.07. The predicted octanol–water partition coefficient (Wildman–Crippen LogP) is 3.90. The lowest BCUT2D eigenvalue weighted by Crippen LogP contribution is -2.47. The van der Waals surface area contributed by atoms with Gasteiger partial charge in [-0.3, -0.25) is 4.79 Å². The van der Waals surface area contributed by atoms with Crippen molar-refractivity contribution in [2.75, 3.05) is 36.0 Å². The van der Waals surface area contributed by atoms with Crippen molar-refractivity contribution in [2.24, 2.45) is 0 Å². The summed E-state index contributed by atoms with van der Waals surface area (Å²) in [5.41, 5.74) is -1.16. The zero-order chi connectivity index (χ0) is 24.0. The van der Waals surface area contributed by atoms with Crippen molar-refractivity contribution in [3.63, 3.8) is 0 Å². The van der Waals surface area contributed by atoms with Crippen LogP contribution in [0.4, 0.5) is 24.0 Å². The molecule has 3 heterocycles. The van der Waals surface area contributed by atoms with Gasteiger partial charge in [0.15, 0.2) is 16.7 Å². The number of aromatic carboxylic acids is 1. The van der Waals surface area contributed by atoms with Crippen LogP contribution in [0, 0.1) is 5.82 Å². The average molecular weight is 490 g/mol. The van der Waals surface area contributed by atoms with Gasteiger partial charge in [0.1, 0.15) is 11.3 Å². The summed E-state index contributed by atoms with van der Waals surface area (Å²) in [4.78, 5) is 34.5. The summed E-state index contributed by atoms with van der Waals surface area (Å²) in [5, 5.41) is 9.58. The molecule has 1 aliphatic rings. The fourth-order valence-corrected chi connectivity index (χ4v) is 5.08. The lowest BCUT2D eigenvalue weighted by atomic mass is 10.1. The first-order valence-corrected chi connectivity index (χ1v) is 11.1. The number of alkyl halides is 2. The first-order valence-electron chi connectivity index (χ1n) is 10.2. The number of piperazine rings is 1. The van der Waals surface area contributed by atoms with Crippen LogP contribution in [0.25, 0.3) is 21.1 Å². The molecule has 8 nitrogen and oxygen atoms in total. The summed E-state index contributed by atoms with van der Waals surface area (Å²) < 4.78 is 47.4. The number of H-pyrrole nitrogens is 1. The molecule has 0 unspecified atom stereocenters. The van der Waals surface area contributed by atoms with Crippen LogP contribution in [0.3, 0.4) is 0 Å². The second-order valence-electron chi connectivity index (χ2n) is 7.61. The highest BCUT2D eigenvalue weighted by atomic mass is 32.1. The number of ether oxygens (including phenoxy) is 1. The van der Waals surface area contributed by atoms with Crippen molar-refractivity contribution in [3.05, 3.63) is 58.1 Å². The van der Waals surface area contributed by atoms with E-state index in [1.54, 1.807) is 4.90 Å². The minimum Gasteiger partial charge on any atom is -0.477 e. The molecule has 0 amide bonds. The molecule has 0 atom stereocenters. The minimum absolute atomic E-state index is 0.194. The second kappa shape index (κ2) is 8.52. The number of anilines is 2. The van der Waals surface area contributed by atoms with E-state index < -0.39 is 35.1 Å². The van der Waals surface area contributed by atoms with Crippen LogP contribution in [0.2, 0.25) is 0 Å². The molecule has 0 spiro atoms. The van der Waals surface area contributed by atoms with Crippen LogP contribution in [0.5, 0.6) is 5.75 Å². The largest absolute Gasteiger partial charge is 0.477 e. The van der Waals surface area contributed by atoms with Gasteiger partial charge in [0, 0.05) is 32.4 Å². The van der Waals surface area contributed by atoms with Gasteiger partial charge in [0.25, 0.3) is 0 Å². The monoisotopic (exact) mass is 490 g/mol. The van der Waals surface area contributed by atoms with E-state index in [2.05, 4.69) is 14.7 Å². The van der Waals surface area contributed by atoms with E-state index in [9.17, 15) is 18.4 Å². The highest BCUT2D eigenvalue weighted by Gasteiger charge is 2.29. The third-order valence-electron chi connectivity index (χ3n) is 5.65. The van der Waals surface area contributed by atoms with Crippen LogP contribution in [0.1, 0.15) is 10.4 Å². The number of carboxylic acids is 1. The quantitative estimate of drug-likeness (QED) is 0.438. The molecule has 2 aromatic carbocycles. The number of aromatic nitrogens is 2. The van der Waals surface area contributed by atoms with Crippen LogP contribution in [0.15, 0.2) is 41.3 Å². The Balaban J connectivity index is 1.50. The van der Waals surface area contributed by atoms with Crippen molar-refractivity contribution >= 4 is 49.2 Å². The standard InChI is InChI=1S/C22H17F3N4O4S/c23-13-9-11-16(26-10-12(18(11)30)20(31)32)19(33-21(24)25)17(13)28-5-7-29(8-6-28)22-27-14-3-1-2-4-15(14)34-22/h1-4,9-10,21H,5-8H2,(H,26,30)(H,31,32). The van der Waals surface area contributed by atoms with Crippen molar-refractivity contribution in [3.8, 4) is 5.75 Å². The Morgan fingerprint density at radius 3 is 2.56 bits per heavy atom. The minimum atomic E-state index is -3.28. The number of halogens is 3. The zero-order valence-corrected chi connectivity index (χ0v) is 18.2. The number of hydrogen-bond donors (Lipinski definition) is 2. The number of hydrogen-bond acceptors (Lipinski definition) is 7. The lowest BCUT2D eigenvalue weighted by molar-refractivity contribution is -0.0487. The number of para-hydroxylation sites is 1. The van der Waals surface area contributed by atoms with Gasteiger partial charge in [-0.1, -0.05) is 23.5 Å². The van der Waals surface area contributed by atoms with E-state index in [-0.39, 0.29) is 29.7 Å². The van der Waals surface area contributed by atoms with Gasteiger partial charge in [0.05, 0.1) is 21.1 Å². The van der Waals surface area contributed by atoms with Gasteiger partial charge in [-0.25, -0.2) is 14.2 Å². The topological polar surface area (TPSA) is 98.8 Å². The van der Waals surface area contributed by atoms with Gasteiger partial charge in [-0.05, 0) is 18.2 Å². The summed E-state index contributed by atoms with van der Waals surface area (Å²) >= 11 is 1.53. The smallest absolute Gasteiger partial charge is 0.387 e. The summed E-state index contributed by atoms with van der Waals surface area (Å²) in [6.45, 7) is -1.79. The maximum absolute atomic E-state index is 15.2. The molecule has 2 aromatic heterocycles. The summed E-state index contributed by atoms with van der Waals surface area (Å²) in [7, 11) is 0. The van der Waals surface area contributed by atoms with Gasteiger partial charge in [-0.2, -0.15) is 8.78 Å². The van der Waals surface area contributed by atoms with Crippen LogP contribution < -0.4 is 20.0 Å². The highest BCUT2D eigenvalue weighted by molar-refractivity contribution is 7.22. The SMILES string of the molecule is O=C(O)c1c[nH]c2c(OC(F)F)c(N3CCN(c4nc5ccccc5s4)CC3)c(F)cc2c1=O. The van der Waals surface area contributed by atoms with Crippen LogP contribution in [-0.4, -0.2) is 53.8 Å². The number of carbonyl (C=O) groups is 1. The van der Waals surface area contributed by atoms with E-state index in [1.165, 1.54) is 11.3 Å². The Bertz CT molecular complexity index is 1430. The third-order valence-corrected chi connectivity index (χ3v) is 6.74. The molecule has 34 heavy (non-hydrogen) atoms. The zero-order valence-electron chi connectivity index (χ0n) is 17.4. The maximum atomic E-state index is 15.2. The number of nitrogens with one attached hydrogen (secondary N) is 1. The normalized spacial score (nSPS) is 14.4. The average Bonchev–Trinajstić information content (AvgIpc) is 3.24. The molecule has 4 aromatic rings. The van der Waals surface area contributed by atoms with Crippen molar-refractivity contribution in [2.45, 2.75) is 6.61 Å². The molecule has 0 saturated carbocycles. The maximum Gasteiger partial charge on any atom is 0.387 e. The molecule has 176 valence electrons. The Hall–Kier alpha value is -3.80. The summed E-state index contributed by atoms with van der Waals surface area (Å²) in [6.07, 6.45) is 0.887. The number of fused-ring (bicyclic) bond motifs is 2. The number of rotatable bonds is 5. The Morgan fingerprint density at radius 2 is 1.88 bits per heavy atom. The van der Waals surface area contributed by atoms with Crippen molar-refractivity contribution in [1.29, 1.82) is 0 Å². The molecular weight excluding hydrogens is 473 g/mol. The predicted molar refractivity (Wildman–Crippen MR) is 122 cm³/mol. The fraction of sp³-hybridized carbons (Fsp3) is 0.227. The number of pyridine rings is 1. The van der Waals surface area contributed by atoms with E-state index >= 15 is 4.39 Å². The summed E-state index contributed by atoms with van der Waals surface area (Å²) in [5.74, 6) is -3.01. The van der Waals surface area contributed by atoms with Crippen LogP contribution in [-0.2, 0) is 0 Å². The van der Waals surface area contributed by atoms with Crippen molar-refractivity contribution < 1.29 is 27.8 Å². The molecular formula is C22H17F3N4O4S. The number of benzene rings is 2. The van der Waals surface area contributed by atoms with E-state index in [1.807, 2.05) is 29.2 Å². The van der Waals surface area contributed by atoms with E-state index in [0.29, 0.717) is 13.1 Å². The highest BCUT2D eigenvalue weighted by Crippen LogP contribution is 2.39. The molecule has 12 heteroatoms. The first kappa shape index (κ1) is 22.0. The molecule has 1 saturated heterocycles. The Morgan fingerprint density at radius 1 is 1.18 bits per heavy atom. The molecule has 0 aliphatic carbocycles.